The Balaban J connectivity index is 1.70. The van der Waals surface area contributed by atoms with Crippen molar-refractivity contribution < 1.29 is 0 Å². The highest BCUT2D eigenvalue weighted by molar-refractivity contribution is 4.98. The minimum atomic E-state index is 0.450. The molecule has 19 heavy (non-hydrogen) atoms. The summed E-state index contributed by atoms with van der Waals surface area (Å²) >= 11 is 0. The number of nitrogens with one attached hydrogen (secondary N) is 2. The van der Waals surface area contributed by atoms with Gasteiger partial charge in [-0.05, 0) is 66.1 Å². The molecular formula is C16H33N3. The molecule has 2 unspecified atom stereocenters. The highest BCUT2D eigenvalue weighted by Gasteiger charge is 2.38. The van der Waals surface area contributed by atoms with Crippen LogP contribution in [0.1, 0.15) is 58.3 Å². The van der Waals surface area contributed by atoms with Crippen molar-refractivity contribution in [3.8, 4) is 0 Å². The van der Waals surface area contributed by atoms with Crippen molar-refractivity contribution in [3.05, 3.63) is 0 Å². The minimum Gasteiger partial charge on any atom is -0.314 e. The molecule has 0 spiro atoms. The first-order valence-corrected chi connectivity index (χ1v) is 8.27. The van der Waals surface area contributed by atoms with Gasteiger partial charge in [0.05, 0.1) is 0 Å². The summed E-state index contributed by atoms with van der Waals surface area (Å²) in [6, 6.07) is 1.37. The van der Waals surface area contributed by atoms with Crippen LogP contribution in [0.3, 0.4) is 0 Å². The molecule has 1 aliphatic heterocycles. The van der Waals surface area contributed by atoms with Crippen LogP contribution in [0.15, 0.2) is 0 Å². The lowest BCUT2D eigenvalue weighted by atomic mass is 9.75. The Kier molecular flexibility index (Phi) is 5.67. The van der Waals surface area contributed by atoms with Crippen molar-refractivity contribution in [2.75, 3.05) is 27.2 Å². The van der Waals surface area contributed by atoms with Gasteiger partial charge in [0.1, 0.15) is 0 Å². The Hall–Kier alpha value is -0.120. The monoisotopic (exact) mass is 267 g/mol. The molecule has 3 heteroatoms. The van der Waals surface area contributed by atoms with Gasteiger partial charge in [0, 0.05) is 24.2 Å². The second kappa shape index (κ2) is 7.05. The average molecular weight is 267 g/mol. The first-order chi connectivity index (χ1) is 9.12. The van der Waals surface area contributed by atoms with E-state index in [1.165, 1.54) is 57.9 Å². The van der Waals surface area contributed by atoms with Crippen molar-refractivity contribution in [1.82, 2.24) is 15.5 Å². The molecule has 0 aromatic carbocycles. The molecule has 1 saturated carbocycles. The molecule has 1 saturated heterocycles. The average Bonchev–Trinajstić information content (AvgIpc) is 2.55. The first kappa shape index (κ1) is 15.3. The SMILES string of the molecule is CC(CC1CCCCCN1)NCC1(N(C)C)CCC1. The third-order valence-corrected chi connectivity index (χ3v) is 5.31. The van der Waals surface area contributed by atoms with Crippen LogP contribution in [0.4, 0.5) is 0 Å². The summed E-state index contributed by atoms with van der Waals surface area (Å²) in [4.78, 5) is 2.43. The third kappa shape index (κ3) is 4.17. The predicted molar refractivity (Wildman–Crippen MR) is 82.6 cm³/mol. The predicted octanol–water partition coefficient (Wildman–Crippen LogP) is 2.37. The van der Waals surface area contributed by atoms with E-state index in [1.54, 1.807) is 0 Å². The normalized spacial score (nSPS) is 28.7. The summed E-state index contributed by atoms with van der Waals surface area (Å²) in [5.74, 6) is 0. The molecule has 2 rings (SSSR count). The van der Waals surface area contributed by atoms with Gasteiger partial charge < -0.3 is 15.5 Å². The van der Waals surface area contributed by atoms with E-state index >= 15 is 0 Å². The second-order valence-electron chi connectivity index (χ2n) is 6.99. The van der Waals surface area contributed by atoms with Gasteiger partial charge in [-0.25, -0.2) is 0 Å². The van der Waals surface area contributed by atoms with Gasteiger partial charge in [-0.1, -0.05) is 12.8 Å². The van der Waals surface area contributed by atoms with E-state index in [9.17, 15) is 0 Å². The molecular weight excluding hydrogens is 234 g/mol. The number of hydrogen-bond donors (Lipinski definition) is 2. The molecule has 3 nitrogen and oxygen atoms in total. The maximum Gasteiger partial charge on any atom is 0.0328 e. The lowest BCUT2D eigenvalue weighted by Crippen LogP contribution is -2.57. The summed E-state index contributed by atoms with van der Waals surface area (Å²) in [5, 5.41) is 7.50. The van der Waals surface area contributed by atoms with Crippen molar-refractivity contribution >= 4 is 0 Å². The molecule has 1 aliphatic carbocycles. The fourth-order valence-electron chi connectivity index (χ4n) is 3.54. The largest absolute Gasteiger partial charge is 0.314 e. The van der Waals surface area contributed by atoms with E-state index in [0.29, 0.717) is 11.6 Å². The zero-order chi connectivity index (χ0) is 13.7. The van der Waals surface area contributed by atoms with Gasteiger partial charge >= 0.3 is 0 Å². The molecule has 1 heterocycles. The maximum absolute atomic E-state index is 3.79. The van der Waals surface area contributed by atoms with Crippen molar-refractivity contribution in [1.29, 1.82) is 0 Å². The molecule has 0 bridgehead atoms. The van der Waals surface area contributed by atoms with Crippen molar-refractivity contribution in [3.63, 3.8) is 0 Å². The lowest BCUT2D eigenvalue weighted by Gasteiger charge is -2.48. The summed E-state index contributed by atoms with van der Waals surface area (Å²) in [6.45, 7) is 4.74. The van der Waals surface area contributed by atoms with Crippen LogP contribution >= 0.6 is 0 Å². The molecule has 0 aromatic heterocycles. The zero-order valence-electron chi connectivity index (χ0n) is 13.2. The van der Waals surface area contributed by atoms with Gasteiger partial charge in [0.15, 0.2) is 0 Å². The minimum absolute atomic E-state index is 0.450. The lowest BCUT2D eigenvalue weighted by molar-refractivity contribution is 0.0570. The first-order valence-electron chi connectivity index (χ1n) is 8.27. The van der Waals surface area contributed by atoms with Gasteiger partial charge in [-0.15, -0.1) is 0 Å². The van der Waals surface area contributed by atoms with Crippen LogP contribution in [-0.4, -0.2) is 49.7 Å². The number of hydrogen-bond acceptors (Lipinski definition) is 3. The number of rotatable bonds is 6. The van der Waals surface area contributed by atoms with Gasteiger partial charge in [-0.2, -0.15) is 0 Å². The van der Waals surface area contributed by atoms with Gasteiger partial charge in [0.25, 0.3) is 0 Å². The number of nitrogens with zero attached hydrogens (tertiary/aromatic N) is 1. The summed E-state index contributed by atoms with van der Waals surface area (Å²) in [6.07, 6.45) is 11.0. The third-order valence-electron chi connectivity index (χ3n) is 5.31. The Morgan fingerprint density at radius 3 is 2.63 bits per heavy atom. The quantitative estimate of drug-likeness (QED) is 0.774. The Labute approximate surface area is 119 Å². The molecule has 2 atom stereocenters. The Morgan fingerprint density at radius 1 is 1.21 bits per heavy atom. The zero-order valence-corrected chi connectivity index (χ0v) is 13.2. The molecule has 0 radical (unpaired) electrons. The van der Waals surface area contributed by atoms with Crippen molar-refractivity contribution in [2.24, 2.45) is 0 Å². The van der Waals surface area contributed by atoms with Crippen LogP contribution in [0.25, 0.3) is 0 Å². The van der Waals surface area contributed by atoms with Crippen LogP contribution in [-0.2, 0) is 0 Å². The smallest absolute Gasteiger partial charge is 0.0328 e. The Bertz CT molecular complexity index is 253. The van der Waals surface area contributed by atoms with E-state index in [1.807, 2.05) is 0 Å². The highest BCUT2D eigenvalue weighted by Crippen LogP contribution is 2.35. The van der Waals surface area contributed by atoms with Crippen molar-refractivity contribution in [2.45, 2.75) is 75.9 Å². The van der Waals surface area contributed by atoms with E-state index < -0.39 is 0 Å². The summed E-state index contributed by atoms with van der Waals surface area (Å²) in [7, 11) is 4.47. The second-order valence-corrected chi connectivity index (χ2v) is 6.99. The molecule has 2 aliphatic rings. The fourth-order valence-corrected chi connectivity index (χ4v) is 3.54. The standard InChI is InChI=1S/C16H33N3/c1-14(12-15-8-5-4-6-11-17-15)18-13-16(19(2)3)9-7-10-16/h14-15,17-18H,4-13H2,1-3H3. The van der Waals surface area contributed by atoms with Gasteiger partial charge in [-0.3, -0.25) is 0 Å². The van der Waals surface area contributed by atoms with E-state index in [0.717, 1.165) is 12.6 Å². The van der Waals surface area contributed by atoms with E-state index in [2.05, 4.69) is 36.6 Å². The Morgan fingerprint density at radius 2 is 2.00 bits per heavy atom. The summed E-state index contributed by atoms with van der Waals surface area (Å²) < 4.78 is 0. The summed E-state index contributed by atoms with van der Waals surface area (Å²) in [5.41, 5.74) is 0.450. The molecule has 0 aromatic rings. The van der Waals surface area contributed by atoms with Crippen LogP contribution in [0.2, 0.25) is 0 Å². The maximum atomic E-state index is 3.79. The van der Waals surface area contributed by atoms with Crippen LogP contribution in [0.5, 0.6) is 0 Å². The highest BCUT2D eigenvalue weighted by atomic mass is 15.2. The number of likely N-dealkylation sites (N-methyl/N-ethyl adjacent to an activating group) is 1. The van der Waals surface area contributed by atoms with E-state index in [4.69, 9.17) is 0 Å². The molecule has 112 valence electrons. The van der Waals surface area contributed by atoms with Gasteiger partial charge in [0.2, 0.25) is 0 Å². The van der Waals surface area contributed by atoms with Crippen LogP contribution < -0.4 is 10.6 Å². The van der Waals surface area contributed by atoms with E-state index in [-0.39, 0.29) is 0 Å². The molecule has 2 N–H and O–H groups in total. The molecule has 2 fully saturated rings. The van der Waals surface area contributed by atoms with Crippen LogP contribution in [0, 0.1) is 0 Å². The molecule has 0 amide bonds. The topological polar surface area (TPSA) is 27.3 Å². The fraction of sp³-hybridized carbons (Fsp3) is 1.00.